The van der Waals surface area contributed by atoms with Gasteiger partial charge in [-0.2, -0.15) is 0 Å². The predicted octanol–water partition coefficient (Wildman–Crippen LogP) is 0.948. The van der Waals surface area contributed by atoms with Crippen LogP contribution in [0.15, 0.2) is 12.4 Å². The van der Waals surface area contributed by atoms with Crippen LogP contribution in [0, 0.1) is 0 Å². The summed E-state index contributed by atoms with van der Waals surface area (Å²) in [6, 6.07) is 0.613. The fourth-order valence-corrected chi connectivity index (χ4v) is 1.33. The van der Waals surface area contributed by atoms with Crippen molar-refractivity contribution < 1.29 is 0 Å². The van der Waals surface area contributed by atoms with Crippen molar-refractivity contribution >= 4 is 0 Å². The molecule has 1 saturated carbocycles. The van der Waals surface area contributed by atoms with Gasteiger partial charge in [0.25, 0.3) is 0 Å². The molecule has 0 atom stereocenters. The van der Waals surface area contributed by atoms with E-state index in [0.29, 0.717) is 11.9 Å². The minimum atomic E-state index is 0.613. The van der Waals surface area contributed by atoms with Gasteiger partial charge in [0, 0.05) is 6.04 Å². The van der Waals surface area contributed by atoms with Gasteiger partial charge >= 0.3 is 0 Å². The largest absolute Gasteiger partial charge is 0.386 e. The van der Waals surface area contributed by atoms with E-state index in [0.717, 1.165) is 0 Å². The van der Waals surface area contributed by atoms with Crippen molar-refractivity contribution in [2.45, 2.75) is 31.7 Å². The highest BCUT2D eigenvalue weighted by Crippen LogP contribution is 2.17. The van der Waals surface area contributed by atoms with E-state index in [2.05, 4.69) is 11.9 Å². The summed E-state index contributed by atoms with van der Waals surface area (Å²) >= 11 is 0. The lowest BCUT2D eigenvalue weighted by Gasteiger charge is -2.11. The van der Waals surface area contributed by atoms with E-state index >= 15 is 0 Å². The number of nitrogens with one attached hydrogen (secondary N) is 1. The molecule has 0 aliphatic heterocycles. The van der Waals surface area contributed by atoms with E-state index < -0.39 is 0 Å². The van der Waals surface area contributed by atoms with Crippen molar-refractivity contribution in [3.05, 3.63) is 12.4 Å². The summed E-state index contributed by atoms with van der Waals surface area (Å²) in [5.74, 6) is 0.613. The minimum absolute atomic E-state index is 0.613. The highest BCUT2D eigenvalue weighted by atomic mass is 15.0. The molecule has 0 saturated heterocycles. The van der Waals surface area contributed by atoms with Crippen LogP contribution >= 0.6 is 0 Å². The van der Waals surface area contributed by atoms with Crippen LogP contribution in [0.4, 0.5) is 0 Å². The molecular weight excluding hydrogens is 112 g/mol. The fraction of sp³-hybridized carbons (Fsp3) is 0.714. The van der Waals surface area contributed by atoms with Crippen molar-refractivity contribution in [1.29, 1.82) is 0 Å². The van der Waals surface area contributed by atoms with Gasteiger partial charge < -0.3 is 11.1 Å². The summed E-state index contributed by atoms with van der Waals surface area (Å²) in [4.78, 5) is 0. The second-order valence-electron chi connectivity index (χ2n) is 2.65. The molecule has 0 heterocycles. The molecule has 1 aliphatic rings. The van der Waals surface area contributed by atoms with Gasteiger partial charge in [-0.3, -0.25) is 0 Å². The van der Waals surface area contributed by atoms with Crippen LogP contribution in [-0.4, -0.2) is 6.04 Å². The van der Waals surface area contributed by atoms with Crippen molar-refractivity contribution in [3.63, 3.8) is 0 Å². The quantitative estimate of drug-likeness (QED) is 0.578. The van der Waals surface area contributed by atoms with Crippen LogP contribution in [0.2, 0.25) is 0 Å². The van der Waals surface area contributed by atoms with Crippen LogP contribution in [0.5, 0.6) is 0 Å². The third-order valence-electron chi connectivity index (χ3n) is 1.74. The molecule has 3 N–H and O–H groups in total. The normalized spacial score (nSPS) is 20.0. The lowest BCUT2D eigenvalue weighted by atomic mass is 10.2. The van der Waals surface area contributed by atoms with Gasteiger partial charge in [0.05, 0.1) is 5.82 Å². The van der Waals surface area contributed by atoms with Gasteiger partial charge in [-0.05, 0) is 12.8 Å². The Morgan fingerprint density at radius 1 is 1.44 bits per heavy atom. The molecule has 1 aliphatic carbocycles. The van der Waals surface area contributed by atoms with Crippen molar-refractivity contribution in [2.75, 3.05) is 0 Å². The first-order valence-corrected chi connectivity index (χ1v) is 3.50. The maximum absolute atomic E-state index is 5.37. The van der Waals surface area contributed by atoms with E-state index in [-0.39, 0.29) is 0 Å². The number of hydrogen-bond donors (Lipinski definition) is 2. The molecule has 0 radical (unpaired) electrons. The van der Waals surface area contributed by atoms with Crippen LogP contribution < -0.4 is 11.1 Å². The Morgan fingerprint density at radius 3 is 2.44 bits per heavy atom. The molecule has 1 fully saturated rings. The minimum Gasteiger partial charge on any atom is -0.386 e. The fourth-order valence-electron chi connectivity index (χ4n) is 1.33. The second kappa shape index (κ2) is 2.76. The molecule has 0 unspecified atom stereocenters. The molecule has 52 valence electrons. The van der Waals surface area contributed by atoms with Gasteiger partial charge in [0.2, 0.25) is 0 Å². The van der Waals surface area contributed by atoms with Gasteiger partial charge in [-0.15, -0.1) is 0 Å². The summed E-state index contributed by atoms with van der Waals surface area (Å²) < 4.78 is 0. The Balaban J connectivity index is 2.19. The Hall–Kier alpha value is -0.660. The first-order valence-electron chi connectivity index (χ1n) is 3.50. The van der Waals surface area contributed by atoms with E-state index in [9.17, 15) is 0 Å². The molecule has 0 bridgehead atoms. The third kappa shape index (κ3) is 1.96. The Bertz CT molecular complexity index is 103. The molecule has 9 heavy (non-hydrogen) atoms. The summed E-state index contributed by atoms with van der Waals surface area (Å²) in [5, 5.41) is 3.12. The topological polar surface area (TPSA) is 38.0 Å². The lowest BCUT2D eigenvalue weighted by Crippen LogP contribution is -2.28. The number of rotatable bonds is 2. The maximum atomic E-state index is 5.37. The van der Waals surface area contributed by atoms with E-state index in [4.69, 9.17) is 5.73 Å². The molecule has 1 rings (SSSR count). The zero-order chi connectivity index (χ0) is 6.69. The van der Waals surface area contributed by atoms with Crippen LogP contribution in [0.25, 0.3) is 0 Å². The average Bonchev–Trinajstić information content (AvgIpc) is 2.15. The number of hydrogen-bond acceptors (Lipinski definition) is 2. The first-order chi connectivity index (χ1) is 4.29. The Labute approximate surface area is 56.1 Å². The van der Waals surface area contributed by atoms with Crippen molar-refractivity contribution in [2.24, 2.45) is 5.73 Å². The monoisotopic (exact) mass is 126 g/mol. The lowest BCUT2D eigenvalue weighted by molar-refractivity contribution is 0.582. The smallest absolute Gasteiger partial charge is 0.0888 e. The third-order valence-corrected chi connectivity index (χ3v) is 1.74. The summed E-state index contributed by atoms with van der Waals surface area (Å²) in [7, 11) is 0. The SMILES string of the molecule is C=C(N)NC1CCCC1. The van der Waals surface area contributed by atoms with Gasteiger partial charge in [0.1, 0.15) is 0 Å². The van der Waals surface area contributed by atoms with Crippen LogP contribution in [0.3, 0.4) is 0 Å². The molecule has 2 nitrogen and oxygen atoms in total. The maximum Gasteiger partial charge on any atom is 0.0888 e. The Kier molecular flexibility index (Phi) is 1.98. The molecular formula is C7H14N2. The summed E-state index contributed by atoms with van der Waals surface area (Å²) in [6.45, 7) is 3.59. The molecule has 0 aromatic heterocycles. The van der Waals surface area contributed by atoms with Crippen molar-refractivity contribution in [1.82, 2.24) is 5.32 Å². The molecule has 0 aromatic carbocycles. The summed E-state index contributed by atoms with van der Waals surface area (Å²) in [5.41, 5.74) is 5.37. The van der Waals surface area contributed by atoms with Gasteiger partial charge in [0.15, 0.2) is 0 Å². The first kappa shape index (κ1) is 6.46. The highest BCUT2D eigenvalue weighted by Gasteiger charge is 2.13. The van der Waals surface area contributed by atoms with E-state index in [1.807, 2.05) is 0 Å². The van der Waals surface area contributed by atoms with E-state index in [1.165, 1.54) is 25.7 Å². The molecule has 2 heteroatoms. The standard InChI is InChI=1S/C7H14N2/c1-6(8)9-7-4-2-3-5-7/h7,9H,1-5,8H2. The van der Waals surface area contributed by atoms with Crippen LogP contribution in [-0.2, 0) is 0 Å². The van der Waals surface area contributed by atoms with Crippen molar-refractivity contribution in [3.8, 4) is 0 Å². The molecule has 0 amide bonds. The second-order valence-corrected chi connectivity index (χ2v) is 2.65. The predicted molar refractivity (Wildman–Crippen MR) is 38.7 cm³/mol. The molecule has 0 spiro atoms. The highest BCUT2D eigenvalue weighted by molar-refractivity contribution is 4.88. The molecule has 0 aromatic rings. The summed E-state index contributed by atoms with van der Waals surface area (Å²) in [6.07, 6.45) is 5.20. The zero-order valence-electron chi connectivity index (χ0n) is 5.69. The van der Waals surface area contributed by atoms with Gasteiger partial charge in [-0.25, -0.2) is 0 Å². The average molecular weight is 126 g/mol. The van der Waals surface area contributed by atoms with Crippen LogP contribution in [0.1, 0.15) is 25.7 Å². The zero-order valence-corrected chi connectivity index (χ0v) is 5.69. The van der Waals surface area contributed by atoms with Gasteiger partial charge in [-0.1, -0.05) is 19.4 Å². The Morgan fingerprint density at radius 2 is 2.00 bits per heavy atom. The number of nitrogens with two attached hydrogens (primary N) is 1. The van der Waals surface area contributed by atoms with E-state index in [1.54, 1.807) is 0 Å².